The van der Waals surface area contributed by atoms with Crippen LogP contribution in [0.25, 0.3) is 0 Å². The van der Waals surface area contributed by atoms with Crippen molar-refractivity contribution in [2.45, 2.75) is 18.2 Å². The van der Waals surface area contributed by atoms with Crippen molar-refractivity contribution in [1.29, 1.82) is 0 Å². The lowest BCUT2D eigenvalue weighted by atomic mass is 10.2. The number of benzene rings is 1. The first-order valence-electron chi connectivity index (χ1n) is 5.89. The molecule has 1 amide bonds. The van der Waals surface area contributed by atoms with Crippen LogP contribution in [-0.2, 0) is 14.8 Å². The monoisotopic (exact) mass is 300 g/mol. The summed E-state index contributed by atoms with van der Waals surface area (Å²) in [6.45, 7) is 1.73. The van der Waals surface area contributed by atoms with E-state index in [1.807, 2.05) is 6.92 Å². The van der Waals surface area contributed by atoms with Gasteiger partial charge in [-0.05, 0) is 30.7 Å². The van der Waals surface area contributed by atoms with Crippen molar-refractivity contribution in [3.63, 3.8) is 0 Å². The Kier molecular flexibility index (Phi) is 5.23. The fourth-order valence-corrected chi connectivity index (χ4v) is 2.17. The number of carboxylic acid groups (broad SMARTS) is 1. The Bertz CT molecular complexity index is 595. The molecule has 0 aliphatic rings. The van der Waals surface area contributed by atoms with Gasteiger partial charge in [-0.15, -0.1) is 0 Å². The van der Waals surface area contributed by atoms with E-state index in [1.165, 1.54) is 29.2 Å². The maximum Gasteiger partial charge on any atom is 0.323 e. The Morgan fingerprint density at radius 3 is 2.20 bits per heavy atom. The number of amides is 1. The number of aliphatic carboxylic acids is 1. The molecule has 7 nitrogen and oxygen atoms in total. The van der Waals surface area contributed by atoms with Gasteiger partial charge in [-0.2, -0.15) is 0 Å². The minimum absolute atomic E-state index is 0.102. The average molecular weight is 300 g/mol. The number of primary sulfonamides is 1. The van der Waals surface area contributed by atoms with Gasteiger partial charge in [0.2, 0.25) is 10.0 Å². The van der Waals surface area contributed by atoms with E-state index in [2.05, 4.69) is 0 Å². The molecule has 0 unspecified atom stereocenters. The van der Waals surface area contributed by atoms with Crippen LogP contribution < -0.4 is 5.14 Å². The number of carbonyl (C=O) groups excluding carboxylic acids is 1. The molecule has 0 heterocycles. The average Bonchev–Trinajstić information content (AvgIpc) is 2.36. The lowest BCUT2D eigenvalue weighted by molar-refractivity contribution is -0.137. The highest BCUT2D eigenvalue weighted by Gasteiger charge is 2.18. The van der Waals surface area contributed by atoms with Gasteiger partial charge in [-0.25, -0.2) is 13.6 Å². The molecule has 0 fully saturated rings. The van der Waals surface area contributed by atoms with Crippen molar-refractivity contribution in [2.75, 3.05) is 13.1 Å². The molecule has 20 heavy (non-hydrogen) atoms. The smallest absolute Gasteiger partial charge is 0.323 e. The SMILES string of the molecule is CCCN(CC(=O)O)C(=O)c1ccc(S(N)(=O)=O)cc1. The summed E-state index contributed by atoms with van der Waals surface area (Å²) in [5.41, 5.74) is 0.215. The number of hydrogen-bond donors (Lipinski definition) is 2. The predicted molar refractivity (Wildman–Crippen MR) is 71.6 cm³/mol. The van der Waals surface area contributed by atoms with Crippen LogP contribution in [0.3, 0.4) is 0 Å². The minimum atomic E-state index is -3.81. The molecule has 0 radical (unpaired) electrons. The normalized spacial score (nSPS) is 11.1. The summed E-state index contributed by atoms with van der Waals surface area (Å²) >= 11 is 0. The Morgan fingerprint density at radius 1 is 1.25 bits per heavy atom. The van der Waals surface area contributed by atoms with Gasteiger partial charge in [-0.3, -0.25) is 9.59 Å². The van der Waals surface area contributed by atoms with Gasteiger partial charge in [0.1, 0.15) is 6.54 Å². The Hall–Kier alpha value is -1.93. The van der Waals surface area contributed by atoms with Crippen LogP contribution in [0.15, 0.2) is 29.2 Å². The van der Waals surface area contributed by atoms with Gasteiger partial charge in [0, 0.05) is 12.1 Å². The quantitative estimate of drug-likeness (QED) is 0.782. The highest BCUT2D eigenvalue weighted by molar-refractivity contribution is 7.89. The van der Waals surface area contributed by atoms with Crippen molar-refractivity contribution in [2.24, 2.45) is 5.14 Å². The zero-order chi connectivity index (χ0) is 15.3. The Morgan fingerprint density at radius 2 is 1.80 bits per heavy atom. The third-order valence-electron chi connectivity index (χ3n) is 2.54. The first kappa shape index (κ1) is 16.1. The van der Waals surface area contributed by atoms with E-state index >= 15 is 0 Å². The van der Waals surface area contributed by atoms with E-state index in [1.54, 1.807) is 0 Å². The number of rotatable bonds is 6. The van der Waals surface area contributed by atoms with E-state index in [9.17, 15) is 18.0 Å². The molecule has 8 heteroatoms. The third kappa shape index (κ3) is 4.32. The largest absolute Gasteiger partial charge is 0.480 e. The van der Waals surface area contributed by atoms with Crippen molar-refractivity contribution < 1.29 is 23.1 Å². The zero-order valence-corrected chi connectivity index (χ0v) is 11.8. The lowest BCUT2D eigenvalue weighted by Crippen LogP contribution is -2.36. The molecular weight excluding hydrogens is 284 g/mol. The van der Waals surface area contributed by atoms with E-state index in [0.717, 1.165) is 0 Å². The lowest BCUT2D eigenvalue weighted by Gasteiger charge is -2.20. The van der Waals surface area contributed by atoms with Gasteiger partial charge >= 0.3 is 5.97 Å². The first-order valence-corrected chi connectivity index (χ1v) is 7.44. The summed E-state index contributed by atoms with van der Waals surface area (Å²) in [7, 11) is -3.81. The van der Waals surface area contributed by atoms with E-state index in [0.29, 0.717) is 13.0 Å². The number of sulfonamides is 1. The highest BCUT2D eigenvalue weighted by Crippen LogP contribution is 2.11. The van der Waals surface area contributed by atoms with Gasteiger partial charge in [0.15, 0.2) is 0 Å². The molecular formula is C12H16N2O5S. The molecule has 0 aliphatic heterocycles. The van der Waals surface area contributed by atoms with E-state index in [4.69, 9.17) is 10.2 Å². The van der Waals surface area contributed by atoms with Crippen LogP contribution in [-0.4, -0.2) is 43.4 Å². The van der Waals surface area contributed by atoms with Gasteiger partial charge in [0.25, 0.3) is 5.91 Å². The maximum absolute atomic E-state index is 12.1. The number of nitrogens with zero attached hydrogens (tertiary/aromatic N) is 1. The number of carboxylic acids is 1. The molecule has 0 saturated heterocycles. The van der Waals surface area contributed by atoms with Gasteiger partial charge < -0.3 is 10.0 Å². The second kappa shape index (κ2) is 6.49. The van der Waals surface area contributed by atoms with Crippen molar-refractivity contribution in [3.8, 4) is 0 Å². The summed E-state index contributed by atoms with van der Waals surface area (Å²) < 4.78 is 22.2. The molecule has 1 aromatic rings. The van der Waals surface area contributed by atoms with E-state index < -0.39 is 28.4 Å². The van der Waals surface area contributed by atoms with Gasteiger partial charge in [0.05, 0.1) is 4.90 Å². The van der Waals surface area contributed by atoms with Crippen molar-refractivity contribution in [3.05, 3.63) is 29.8 Å². The Balaban J connectivity index is 2.97. The van der Waals surface area contributed by atoms with Crippen LogP contribution in [0.1, 0.15) is 23.7 Å². The summed E-state index contributed by atoms with van der Waals surface area (Å²) in [5.74, 6) is -1.57. The number of hydrogen-bond acceptors (Lipinski definition) is 4. The zero-order valence-electron chi connectivity index (χ0n) is 10.9. The summed E-state index contributed by atoms with van der Waals surface area (Å²) in [5, 5.41) is 13.7. The van der Waals surface area contributed by atoms with Crippen LogP contribution >= 0.6 is 0 Å². The molecule has 0 saturated carbocycles. The molecule has 0 atom stereocenters. The molecule has 0 aliphatic carbocycles. The van der Waals surface area contributed by atoms with Crippen LogP contribution in [0.5, 0.6) is 0 Å². The van der Waals surface area contributed by atoms with Gasteiger partial charge in [-0.1, -0.05) is 6.92 Å². The summed E-state index contributed by atoms with van der Waals surface area (Å²) in [6, 6.07) is 5.06. The van der Waals surface area contributed by atoms with Crippen LogP contribution in [0.4, 0.5) is 0 Å². The summed E-state index contributed by atoms with van der Waals surface area (Å²) in [6.07, 6.45) is 0.619. The summed E-state index contributed by atoms with van der Waals surface area (Å²) in [4.78, 5) is 23.9. The molecule has 0 aromatic heterocycles. The fraction of sp³-hybridized carbons (Fsp3) is 0.333. The molecule has 1 rings (SSSR count). The standard InChI is InChI=1S/C12H16N2O5S/c1-2-7-14(8-11(15)16)12(17)9-3-5-10(6-4-9)20(13,18)19/h3-6H,2,7-8H2,1H3,(H,15,16)(H2,13,18,19). The molecule has 110 valence electrons. The second-order valence-electron chi connectivity index (χ2n) is 4.19. The van der Waals surface area contributed by atoms with Crippen LogP contribution in [0, 0.1) is 0 Å². The molecule has 0 spiro atoms. The number of carbonyl (C=O) groups is 2. The molecule has 0 bridgehead atoms. The van der Waals surface area contributed by atoms with Crippen molar-refractivity contribution in [1.82, 2.24) is 4.90 Å². The molecule has 1 aromatic carbocycles. The predicted octanol–water partition coefficient (Wildman–Crippen LogP) is 0.271. The third-order valence-corrected chi connectivity index (χ3v) is 3.47. The topological polar surface area (TPSA) is 118 Å². The van der Waals surface area contributed by atoms with E-state index in [-0.39, 0.29) is 10.5 Å². The number of nitrogens with two attached hydrogens (primary N) is 1. The van der Waals surface area contributed by atoms with Crippen molar-refractivity contribution >= 4 is 21.9 Å². The Labute approximate surface area is 117 Å². The van der Waals surface area contributed by atoms with Crippen LogP contribution in [0.2, 0.25) is 0 Å². The highest BCUT2D eigenvalue weighted by atomic mass is 32.2. The first-order chi connectivity index (χ1) is 9.25. The fourth-order valence-electron chi connectivity index (χ4n) is 1.66. The minimum Gasteiger partial charge on any atom is -0.480 e. The maximum atomic E-state index is 12.1. The second-order valence-corrected chi connectivity index (χ2v) is 5.75. The molecule has 3 N–H and O–H groups in total.